The van der Waals surface area contributed by atoms with E-state index in [9.17, 15) is 0 Å². The van der Waals surface area contributed by atoms with Crippen LogP contribution in [-0.4, -0.2) is 18.3 Å². The maximum Gasteiger partial charge on any atom is 0.490 e. The molecule has 0 radical (unpaired) electrons. The number of rotatable bonds is 2. The van der Waals surface area contributed by atoms with Gasteiger partial charge in [-0.1, -0.05) is 19.4 Å². The van der Waals surface area contributed by atoms with Crippen LogP contribution in [0, 0.1) is 5.92 Å². The highest BCUT2D eigenvalue weighted by molar-refractivity contribution is 6.54. The van der Waals surface area contributed by atoms with Crippen molar-refractivity contribution in [3.05, 3.63) is 11.5 Å². The third-order valence-electron chi connectivity index (χ3n) is 4.69. The highest BCUT2D eigenvalue weighted by atomic mass is 16.7. The van der Waals surface area contributed by atoms with Crippen molar-refractivity contribution in [3.8, 4) is 0 Å². The van der Waals surface area contributed by atoms with Crippen molar-refractivity contribution in [2.45, 2.75) is 71.5 Å². The lowest BCUT2D eigenvalue weighted by Crippen LogP contribution is -2.41. The van der Waals surface area contributed by atoms with Gasteiger partial charge in [-0.2, -0.15) is 0 Å². The third kappa shape index (κ3) is 2.46. The first-order valence-corrected chi connectivity index (χ1v) is 6.90. The molecule has 0 aromatic rings. The molecule has 17 heavy (non-hydrogen) atoms. The molecule has 0 spiro atoms. The average Bonchev–Trinajstić information content (AvgIpc) is 2.48. The zero-order valence-electron chi connectivity index (χ0n) is 11.9. The minimum atomic E-state index is -0.208. The van der Waals surface area contributed by atoms with Crippen LogP contribution in [0.5, 0.6) is 0 Å². The molecule has 1 aliphatic carbocycles. The summed E-state index contributed by atoms with van der Waals surface area (Å²) in [7, 11) is -0.113. The lowest BCUT2D eigenvalue weighted by atomic mass is 9.70. The summed E-state index contributed by atoms with van der Waals surface area (Å²) in [5.74, 6) is 0.862. The largest absolute Gasteiger partial charge is 0.490 e. The Bertz CT molecular complexity index is 304. The van der Waals surface area contributed by atoms with Gasteiger partial charge in [-0.15, -0.1) is 0 Å². The van der Waals surface area contributed by atoms with Gasteiger partial charge in [0.1, 0.15) is 0 Å². The zero-order valence-corrected chi connectivity index (χ0v) is 11.9. The van der Waals surface area contributed by atoms with Crippen molar-refractivity contribution in [3.63, 3.8) is 0 Å². The maximum atomic E-state index is 6.08. The van der Waals surface area contributed by atoms with Crippen LogP contribution in [0.2, 0.25) is 0 Å². The second kappa shape index (κ2) is 4.44. The Kier molecular flexibility index (Phi) is 3.43. The molecular weight excluding hydrogens is 211 g/mol. The van der Waals surface area contributed by atoms with E-state index in [1.54, 1.807) is 0 Å². The molecule has 3 heteroatoms. The van der Waals surface area contributed by atoms with Crippen LogP contribution in [0.1, 0.15) is 60.3 Å². The quantitative estimate of drug-likeness (QED) is 0.679. The van der Waals surface area contributed by atoms with Gasteiger partial charge in [0.2, 0.25) is 0 Å². The van der Waals surface area contributed by atoms with Crippen LogP contribution in [0.25, 0.3) is 0 Å². The molecule has 0 aromatic carbocycles. The molecule has 96 valence electrons. The highest BCUT2D eigenvalue weighted by Crippen LogP contribution is 2.40. The molecule has 1 aliphatic heterocycles. The van der Waals surface area contributed by atoms with Crippen molar-refractivity contribution >= 4 is 7.12 Å². The molecule has 1 heterocycles. The molecule has 1 saturated heterocycles. The molecule has 0 saturated carbocycles. The summed E-state index contributed by atoms with van der Waals surface area (Å²) >= 11 is 0. The van der Waals surface area contributed by atoms with Crippen LogP contribution in [0.3, 0.4) is 0 Å². The molecule has 0 amide bonds. The summed E-state index contributed by atoms with van der Waals surface area (Å²) in [6, 6.07) is 0. The first-order chi connectivity index (χ1) is 7.86. The van der Waals surface area contributed by atoms with Crippen LogP contribution in [-0.2, 0) is 9.31 Å². The second-order valence-electron chi connectivity index (χ2n) is 6.42. The fourth-order valence-electron chi connectivity index (χ4n) is 2.49. The highest BCUT2D eigenvalue weighted by Gasteiger charge is 2.52. The van der Waals surface area contributed by atoms with Crippen molar-refractivity contribution < 1.29 is 9.31 Å². The standard InChI is InChI=1S/C14H25BO2/c1-6-11-7-9-12(10-8-11)15-16-13(2,3)14(4,5)17-15/h9,11H,6-8,10H2,1-5H3/t11-/m0/s1. The van der Waals surface area contributed by atoms with E-state index in [-0.39, 0.29) is 18.3 Å². The maximum absolute atomic E-state index is 6.08. The summed E-state index contributed by atoms with van der Waals surface area (Å²) in [4.78, 5) is 0. The molecule has 0 unspecified atom stereocenters. The monoisotopic (exact) mass is 236 g/mol. The van der Waals surface area contributed by atoms with Gasteiger partial charge in [0, 0.05) is 0 Å². The Morgan fingerprint density at radius 2 is 1.82 bits per heavy atom. The van der Waals surface area contributed by atoms with E-state index in [1.165, 1.54) is 24.7 Å². The van der Waals surface area contributed by atoms with Crippen LogP contribution < -0.4 is 0 Å². The van der Waals surface area contributed by atoms with Gasteiger partial charge >= 0.3 is 7.12 Å². The number of hydrogen-bond acceptors (Lipinski definition) is 2. The molecule has 2 rings (SSSR count). The minimum Gasteiger partial charge on any atom is -0.400 e. The first-order valence-electron chi connectivity index (χ1n) is 6.90. The second-order valence-corrected chi connectivity index (χ2v) is 6.42. The first kappa shape index (κ1) is 13.2. The van der Waals surface area contributed by atoms with Crippen molar-refractivity contribution in [1.82, 2.24) is 0 Å². The van der Waals surface area contributed by atoms with E-state index < -0.39 is 0 Å². The van der Waals surface area contributed by atoms with Crippen LogP contribution >= 0.6 is 0 Å². The number of hydrogen-bond donors (Lipinski definition) is 0. The fourth-order valence-corrected chi connectivity index (χ4v) is 2.49. The molecule has 2 aliphatic rings. The van der Waals surface area contributed by atoms with Crippen molar-refractivity contribution in [2.24, 2.45) is 5.92 Å². The average molecular weight is 236 g/mol. The molecule has 2 nitrogen and oxygen atoms in total. The van der Waals surface area contributed by atoms with Gasteiger partial charge in [0.25, 0.3) is 0 Å². The van der Waals surface area contributed by atoms with Gasteiger partial charge in [0.15, 0.2) is 0 Å². The Labute approximate surface area is 106 Å². The predicted molar refractivity (Wildman–Crippen MR) is 71.8 cm³/mol. The molecule has 0 N–H and O–H groups in total. The summed E-state index contributed by atoms with van der Waals surface area (Å²) < 4.78 is 12.2. The lowest BCUT2D eigenvalue weighted by Gasteiger charge is -2.32. The molecule has 0 bridgehead atoms. The van der Waals surface area contributed by atoms with Gasteiger partial charge in [0.05, 0.1) is 11.2 Å². The summed E-state index contributed by atoms with van der Waals surface area (Å²) in [6.45, 7) is 10.7. The Hall–Kier alpha value is -0.275. The Morgan fingerprint density at radius 3 is 2.24 bits per heavy atom. The Balaban J connectivity index is 2.05. The summed E-state index contributed by atoms with van der Waals surface area (Å²) in [5, 5.41) is 0. The molecule has 0 aromatic heterocycles. The molecule has 1 fully saturated rings. The molecule has 1 atom stereocenters. The summed E-state index contributed by atoms with van der Waals surface area (Å²) in [5.41, 5.74) is 0.939. The van der Waals surface area contributed by atoms with Crippen molar-refractivity contribution in [2.75, 3.05) is 0 Å². The third-order valence-corrected chi connectivity index (χ3v) is 4.69. The van der Waals surface area contributed by atoms with Crippen LogP contribution in [0.15, 0.2) is 11.5 Å². The zero-order chi connectivity index (χ0) is 12.7. The van der Waals surface area contributed by atoms with E-state index in [1.807, 2.05) is 0 Å². The van der Waals surface area contributed by atoms with Gasteiger partial charge in [-0.3, -0.25) is 0 Å². The SMILES string of the molecule is CC[C@H]1CC=C(B2OC(C)(C)C(C)(C)O2)CC1. The van der Waals surface area contributed by atoms with Crippen molar-refractivity contribution in [1.29, 1.82) is 0 Å². The van der Waals surface area contributed by atoms with Crippen LogP contribution in [0.4, 0.5) is 0 Å². The lowest BCUT2D eigenvalue weighted by molar-refractivity contribution is 0.00578. The fraction of sp³-hybridized carbons (Fsp3) is 0.857. The number of allylic oxidation sites excluding steroid dienone is 2. The summed E-state index contributed by atoms with van der Waals surface area (Å²) in [6.07, 6.45) is 7.24. The van der Waals surface area contributed by atoms with E-state index in [0.29, 0.717) is 0 Å². The predicted octanol–water partition coefficient (Wildman–Crippen LogP) is 3.75. The van der Waals surface area contributed by atoms with Gasteiger partial charge < -0.3 is 9.31 Å². The van der Waals surface area contributed by atoms with E-state index >= 15 is 0 Å². The van der Waals surface area contributed by atoms with Gasteiger partial charge in [-0.25, -0.2) is 0 Å². The van der Waals surface area contributed by atoms with E-state index in [0.717, 1.165) is 12.3 Å². The smallest absolute Gasteiger partial charge is 0.400 e. The topological polar surface area (TPSA) is 18.5 Å². The Morgan fingerprint density at radius 1 is 1.24 bits per heavy atom. The van der Waals surface area contributed by atoms with E-state index in [4.69, 9.17) is 9.31 Å². The normalized spacial score (nSPS) is 31.5. The van der Waals surface area contributed by atoms with E-state index in [2.05, 4.69) is 40.7 Å². The molecular formula is C14H25BO2. The minimum absolute atomic E-state index is 0.113. The van der Waals surface area contributed by atoms with Gasteiger partial charge in [-0.05, 0) is 58.3 Å².